The number of benzene rings is 2. The largest absolute Gasteiger partial charge is 0.462 e. The molecule has 0 aliphatic rings. The van der Waals surface area contributed by atoms with E-state index in [9.17, 15) is 14.4 Å². The first-order valence-electron chi connectivity index (χ1n) is 11.0. The van der Waals surface area contributed by atoms with Crippen molar-refractivity contribution in [3.63, 3.8) is 0 Å². The summed E-state index contributed by atoms with van der Waals surface area (Å²) in [6, 6.07) is 15.9. The van der Waals surface area contributed by atoms with Crippen LogP contribution in [0, 0.1) is 0 Å². The number of carbonyl (C=O) groups excluding carboxylic acids is 2. The zero-order valence-electron chi connectivity index (χ0n) is 19.2. The van der Waals surface area contributed by atoms with Crippen LogP contribution in [0.25, 0.3) is 16.6 Å². The molecule has 2 heterocycles. The number of hydrogen-bond acceptors (Lipinski definition) is 6. The monoisotopic (exact) mass is 459 g/mol. The van der Waals surface area contributed by atoms with Crippen LogP contribution in [-0.4, -0.2) is 38.0 Å². The van der Waals surface area contributed by atoms with Crippen molar-refractivity contribution in [3.8, 4) is 5.69 Å². The highest BCUT2D eigenvalue weighted by atomic mass is 16.5. The lowest BCUT2D eigenvalue weighted by Gasteiger charge is -2.13. The van der Waals surface area contributed by atoms with Crippen LogP contribution in [-0.2, 0) is 16.1 Å². The second kappa shape index (κ2) is 9.70. The number of fused-ring (bicyclic) bond motifs is 1. The van der Waals surface area contributed by atoms with E-state index in [4.69, 9.17) is 4.74 Å². The number of rotatable bonds is 7. The molecule has 0 saturated carbocycles. The van der Waals surface area contributed by atoms with Crippen molar-refractivity contribution in [2.45, 2.75) is 33.2 Å². The van der Waals surface area contributed by atoms with Crippen LogP contribution in [0.3, 0.4) is 0 Å². The molecule has 0 atom stereocenters. The SMILES string of the molecule is CCOC(=O)c1ccccc1NC(=O)Cn1nc(C(C)C)c2cnn(-c3ccccc3)c2c1=O. The predicted molar refractivity (Wildman–Crippen MR) is 128 cm³/mol. The molecule has 0 spiro atoms. The molecule has 174 valence electrons. The van der Waals surface area contributed by atoms with Crippen molar-refractivity contribution in [2.75, 3.05) is 11.9 Å². The summed E-state index contributed by atoms with van der Waals surface area (Å²) in [6.07, 6.45) is 1.63. The van der Waals surface area contributed by atoms with Gasteiger partial charge >= 0.3 is 5.97 Å². The number of amides is 1. The maximum absolute atomic E-state index is 13.4. The molecule has 4 rings (SSSR count). The lowest BCUT2D eigenvalue weighted by Crippen LogP contribution is -2.32. The Morgan fingerprint density at radius 3 is 2.47 bits per heavy atom. The minimum absolute atomic E-state index is 0.00428. The first-order chi connectivity index (χ1) is 16.4. The summed E-state index contributed by atoms with van der Waals surface area (Å²) < 4.78 is 7.76. The van der Waals surface area contributed by atoms with Gasteiger partial charge in [-0.15, -0.1) is 0 Å². The Morgan fingerprint density at radius 2 is 1.76 bits per heavy atom. The average molecular weight is 460 g/mol. The van der Waals surface area contributed by atoms with Crippen molar-refractivity contribution in [3.05, 3.63) is 82.4 Å². The third-order valence-corrected chi connectivity index (χ3v) is 5.25. The van der Waals surface area contributed by atoms with Gasteiger partial charge in [0.25, 0.3) is 5.56 Å². The summed E-state index contributed by atoms with van der Waals surface area (Å²) in [7, 11) is 0. The Hall–Kier alpha value is -4.27. The van der Waals surface area contributed by atoms with Crippen molar-refractivity contribution in [2.24, 2.45) is 0 Å². The van der Waals surface area contributed by atoms with E-state index in [0.29, 0.717) is 22.3 Å². The molecular weight excluding hydrogens is 434 g/mol. The van der Waals surface area contributed by atoms with E-state index in [2.05, 4.69) is 15.5 Å². The lowest BCUT2D eigenvalue weighted by atomic mass is 10.1. The summed E-state index contributed by atoms with van der Waals surface area (Å²) in [5, 5.41) is 12.2. The second-order valence-electron chi connectivity index (χ2n) is 7.97. The Labute approximate surface area is 196 Å². The fourth-order valence-electron chi connectivity index (χ4n) is 3.70. The van der Waals surface area contributed by atoms with E-state index >= 15 is 0 Å². The number of hydrogen-bond donors (Lipinski definition) is 1. The molecule has 0 aliphatic heterocycles. The number of anilines is 1. The highest BCUT2D eigenvalue weighted by Crippen LogP contribution is 2.23. The number of nitrogens with one attached hydrogen (secondary N) is 1. The number of carbonyl (C=O) groups is 2. The quantitative estimate of drug-likeness (QED) is 0.424. The van der Waals surface area contributed by atoms with E-state index in [-0.39, 0.29) is 24.6 Å². The van der Waals surface area contributed by atoms with Gasteiger partial charge in [0.05, 0.1) is 35.4 Å². The van der Waals surface area contributed by atoms with Gasteiger partial charge in [-0.25, -0.2) is 14.2 Å². The molecule has 9 heteroatoms. The fraction of sp³-hybridized carbons (Fsp3) is 0.240. The van der Waals surface area contributed by atoms with Gasteiger partial charge in [-0.3, -0.25) is 9.59 Å². The van der Waals surface area contributed by atoms with Crippen LogP contribution in [0.15, 0.2) is 65.6 Å². The van der Waals surface area contributed by atoms with Gasteiger partial charge in [0, 0.05) is 5.39 Å². The van der Waals surface area contributed by atoms with Crippen LogP contribution in [0.5, 0.6) is 0 Å². The van der Waals surface area contributed by atoms with Gasteiger partial charge in [-0.1, -0.05) is 44.2 Å². The maximum Gasteiger partial charge on any atom is 0.340 e. The minimum Gasteiger partial charge on any atom is -0.462 e. The Kier molecular flexibility index (Phi) is 6.53. The van der Waals surface area contributed by atoms with E-state index in [1.54, 1.807) is 42.1 Å². The molecule has 1 amide bonds. The molecule has 2 aromatic carbocycles. The maximum atomic E-state index is 13.4. The Bertz CT molecular complexity index is 1410. The zero-order chi connectivity index (χ0) is 24.2. The molecule has 34 heavy (non-hydrogen) atoms. The lowest BCUT2D eigenvalue weighted by molar-refractivity contribution is -0.117. The zero-order valence-corrected chi connectivity index (χ0v) is 19.2. The van der Waals surface area contributed by atoms with E-state index < -0.39 is 17.4 Å². The van der Waals surface area contributed by atoms with Gasteiger partial charge in [0.1, 0.15) is 12.1 Å². The van der Waals surface area contributed by atoms with Crippen molar-refractivity contribution in [1.29, 1.82) is 0 Å². The number of aromatic nitrogens is 4. The Balaban J connectivity index is 1.72. The smallest absolute Gasteiger partial charge is 0.340 e. The molecule has 0 fully saturated rings. The molecule has 2 aromatic heterocycles. The third-order valence-electron chi connectivity index (χ3n) is 5.25. The molecule has 0 aliphatic carbocycles. The van der Waals surface area contributed by atoms with Crippen LogP contribution < -0.4 is 10.9 Å². The molecular formula is C25H25N5O4. The van der Waals surface area contributed by atoms with Gasteiger partial charge in [0.15, 0.2) is 0 Å². The molecule has 1 N–H and O–H groups in total. The van der Waals surface area contributed by atoms with Crippen LogP contribution in [0.4, 0.5) is 5.69 Å². The number of nitrogens with zero attached hydrogens (tertiary/aromatic N) is 4. The standard InChI is InChI=1S/C25H25N5O4/c1-4-34-25(33)18-12-8-9-13-20(18)27-21(31)15-29-24(32)23-19(22(28-29)16(2)3)14-26-30(23)17-10-6-5-7-11-17/h5-14,16H,4,15H2,1-3H3,(H,27,31). The number of esters is 1. The average Bonchev–Trinajstić information content (AvgIpc) is 3.27. The number of para-hydroxylation sites is 2. The van der Waals surface area contributed by atoms with Crippen LogP contribution >= 0.6 is 0 Å². The summed E-state index contributed by atoms with van der Waals surface area (Å²) in [6.45, 7) is 5.52. The highest BCUT2D eigenvalue weighted by molar-refractivity contribution is 6.01. The molecule has 0 bridgehead atoms. The minimum atomic E-state index is -0.538. The first kappa shape index (κ1) is 22.9. The summed E-state index contributed by atoms with van der Waals surface area (Å²) >= 11 is 0. The molecule has 0 radical (unpaired) electrons. The van der Waals surface area contributed by atoms with Crippen molar-refractivity contribution < 1.29 is 14.3 Å². The predicted octanol–water partition coefficient (Wildman–Crippen LogP) is 3.52. The highest BCUT2D eigenvalue weighted by Gasteiger charge is 2.21. The van der Waals surface area contributed by atoms with Crippen LogP contribution in [0.1, 0.15) is 42.7 Å². The van der Waals surface area contributed by atoms with Crippen molar-refractivity contribution >= 4 is 28.5 Å². The topological polar surface area (TPSA) is 108 Å². The summed E-state index contributed by atoms with van der Waals surface area (Å²) in [5.41, 5.74) is 1.85. The summed E-state index contributed by atoms with van der Waals surface area (Å²) in [5.74, 6) is -1.04. The van der Waals surface area contributed by atoms with Crippen molar-refractivity contribution in [1.82, 2.24) is 19.6 Å². The normalized spacial score (nSPS) is 11.1. The molecule has 0 saturated heterocycles. The Morgan fingerprint density at radius 1 is 1.06 bits per heavy atom. The van der Waals surface area contributed by atoms with Gasteiger partial charge in [-0.2, -0.15) is 10.2 Å². The number of ether oxygens (including phenoxy) is 1. The van der Waals surface area contributed by atoms with Crippen LogP contribution in [0.2, 0.25) is 0 Å². The van der Waals surface area contributed by atoms with E-state index in [0.717, 1.165) is 10.4 Å². The van der Waals surface area contributed by atoms with Gasteiger partial charge < -0.3 is 10.1 Å². The summed E-state index contributed by atoms with van der Waals surface area (Å²) in [4.78, 5) is 38.5. The van der Waals surface area contributed by atoms with E-state index in [1.165, 1.54) is 0 Å². The molecule has 4 aromatic rings. The third kappa shape index (κ3) is 4.45. The first-order valence-corrected chi connectivity index (χ1v) is 11.0. The fourth-order valence-corrected chi connectivity index (χ4v) is 3.70. The van der Waals surface area contributed by atoms with E-state index in [1.807, 2.05) is 44.2 Å². The van der Waals surface area contributed by atoms with Gasteiger partial charge in [0.2, 0.25) is 5.91 Å². The molecule has 0 unspecified atom stereocenters. The second-order valence-corrected chi connectivity index (χ2v) is 7.97. The van der Waals surface area contributed by atoms with Gasteiger partial charge in [-0.05, 0) is 37.1 Å². The molecule has 9 nitrogen and oxygen atoms in total.